The van der Waals surface area contributed by atoms with Crippen LogP contribution in [0.4, 0.5) is 0 Å². The van der Waals surface area contributed by atoms with Crippen molar-refractivity contribution in [1.29, 1.82) is 0 Å². The van der Waals surface area contributed by atoms with Crippen LogP contribution in [0.25, 0.3) is 10.8 Å². The Labute approximate surface area is 172 Å². The average molecular weight is 392 g/mol. The molecule has 1 unspecified atom stereocenters. The molecule has 0 aliphatic rings. The molecular formula is C24H29N3O2. The second-order valence-corrected chi connectivity index (χ2v) is 7.85. The summed E-state index contributed by atoms with van der Waals surface area (Å²) in [6, 6.07) is 17.4. The first kappa shape index (κ1) is 20.6. The van der Waals surface area contributed by atoms with Gasteiger partial charge in [0.05, 0.1) is 13.0 Å². The Balaban J connectivity index is 1.65. The molecule has 2 N–H and O–H groups in total. The highest BCUT2D eigenvalue weighted by Gasteiger charge is 2.24. The minimum absolute atomic E-state index is 0.0124. The number of aromatic nitrogens is 1. The molecule has 1 aromatic heterocycles. The predicted molar refractivity (Wildman–Crippen MR) is 116 cm³/mol. The molecule has 3 aromatic rings. The van der Waals surface area contributed by atoms with Crippen LogP contribution in [-0.2, 0) is 29.6 Å². The molecule has 2 aromatic carbocycles. The van der Waals surface area contributed by atoms with E-state index in [2.05, 4.69) is 10.6 Å². The third-order valence-corrected chi connectivity index (χ3v) is 5.42. The minimum atomic E-state index is -0.571. The number of nitrogens with zero attached hydrogens (tertiary/aromatic N) is 1. The highest BCUT2D eigenvalue weighted by Crippen LogP contribution is 2.19. The van der Waals surface area contributed by atoms with Crippen molar-refractivity contribution >= 4 is 22.6 Å². The zero-order valence-corrected chi connectivity index (χ0v) is 17.5. The minimum Gasteiger partial charge on any atom is -0.350 e. The van der Waals surface area contributed by atoms with Gasteiger partial charge in [0, 0.05) is 18.4 Å². The van der Waals surface area contributed by atoms with Crippen molar-refractivity contribution < 1.29 is 9.59 Å². The number of benzene rings is 2. The van der Waals surface area contributed by atoms with Crippen molar-refractivity contribution in [1.82, 2.24) is 15.2 Å². The van der Waals surface area contributed by atoms with Crippen molar-refractivity contribution in [3.63, 3.8) is 0 Å². The van der Waals surface area contributed by atoms with Gasteiger partial charge in [-0.3, -0.25) is 9.59 Å². The molecule has 1 atom stereocenters. The third kappa shape index (κ3) is 4.86. The second-order valence-electron chi connectivity index (χ2n) is 7.85. The van der Waals surface area contributed by atoms with E-state index in [-0.39, 0.29) is 24.2 Å². The van der Waals surface area contributed by atoms with Gasteiger partial charge >= 0.3 is 0 Å². The Morgan fingerprint density at radius 2 is 1.72 bits per heavy atom. The molecule has 2 amide bonds. The first-order valence-corrected chi connectivity index (χ1v) is 10.0. The SMILES string of the molecule is Cc1ccc(CNC(=O)C(NC(=O)Cc2cccc3ccccc23)C(C)C)n1C. The average Bonchev–Trinajstić information content (AvgIpc) is 3.02. The smallest absolute Gasteiger partial charge is 0.243 e. The predicted octanol–water partition coefficient (Wildman–Crippen LogP) is 3.49. The topological polar surface area (TPSA) is 63.1 Å². The fourth-order valence-corrected chi connectivity index (χ4v) is 3.51. The van der Waals surface area contributed by atoms with E-state index in [1.165, 1.54) is 0 Å². The van der Waals surface area contributed by atoms with Crippen LogP contribution < -0.4 is 10.6 Å². The van der Waals surface area contributed by atoms with E-state index >= 15 is 0 Å². The number of amides is 2. The zero-order chi connectivity index (χ0) is 21.0. The second kappa shape index (κ2) is 8.95. The number of carbonyl (C=O) groups is 2. The van der Waals surface area contributed by atoms with Crippen LogP contribution >= 0.6 is 0 Å². The molecule has 29 heavy (non-hydrogen) atoms. The third-order valence-electron chi connectivity index (χ3n) is 5.42. The molecule has 0 saturated heterocycles. The lowest BCUT2D eigenvalue weighted by atomic mass is 10.0. The molecule has 152 valence electrons. The largest absolute Gasteiger partial charge is 0.350 e. The van der Waals surface area contributed by atoms with Gasteiger partial charge in [-0.2, -0.15) is 0 Å². The van der Waals surface area contributed by atoms with Crippen molar-refractivity contribution in [3.05, 3.63) is 71.5 Å². The molecule has 0 aliphatic carbocycles. The maximum Gasteiger partial charge on any atom is 0.243 e. The van der Waals surface area contributed by atoms with E-state index in [1.807, 2.05) is 87.0 Å². The number of fused-ring (bicyclic) bond motifs is 1. The summed E-state index contributed by atoms with van der Waals surface area (Å²) in [7, 11) is 1.97. The summed E-state index contributed by atoms with van der Waals surface area (Å²) >= 11 is 0. The van der Waals surface area contributed by atoms with Gasteiger partial charge < -0.3 is 15.2 Å². The lowest BCUT2D eigenvalue weighted by molar-refractivity contribution is -0.129. The zero-order valence-electron chi connectivity index (χ0n) is 17.5. The summed E-state index contributed by atoms with van der Waals surface area (Å²) in [6.45, 7) is 6.34. The lowest BCUT2D eigenvalue weighted by Gasteiger charge is -2.22. The van der Waals surface area contributed by atoms with Gasteiger partial charge in [0.1, 0.15) is 6.04 Å². The van der Waals surface area contributed by atoms with E-state index in [0.717, 1.165) is 27.7 Å². The highest BCUT2D eigenvalue weighted by atomic mass is 16.2. The first-order chi connectivity index (χ1) is 13.9. The molecule has 5 heteroatoms. The Morgan fingerprint density at radius 3 is 2.41 bits per heavy atom. The summed E-state index contributed by atoms with van der Waals surface area (Å²) in [5, 5.41) is 8.06. The van der Waals surface area contributed by atoms with E-state index in [1.54, 1.807) is 0 Å². The Hall–Kier alpha value is -3.08. The van der Waals surface area contributed by atoms with Crippen LogP contribution in [0.15, 0.2) is 54.6 Å². The lowest BCUT2D eigenvalue weighted by Crippen LogP contribution is -2.50. The van der Waals surface area contributed by atoms with Crippen LogP contribution in [0.5, 0.6) is 0 Å². The normalized spacial score (nSPS) is 12.2. The molecule has 0 saturated carbocycles. The number of rotatable bonds is 7. The molecule has 0 spiro atoms. The van der Waals surface area contributed by atoms with E-state index in [4.69, 9.17) is 0 Å². The highest BCUT2D eigenvalue weighted by molar-refractivity contribution is 5.92. The van der Waals surface area contributed by atoms with Gasteiger partial charge in [-0.15, -0.1) is 0 Å². The first-order valence-electron chi connectivity index (χ1n) is 10.0. The number of hydrogen-bond acceptors (Lipinski definition) is 2. The van der Waals surface area contributed by atoms with Crippen LogP contribution in [0, 0.1) is 12.8 Å². The van der Waals surface area contributed by atoms with Crippen LogP contribution in [0.1, 0.15) is 30.8 Å². The maximum atomic E-state index is 12.7. The molecule has 3 rings (SSSR count). The number of nitrogens with one attached hydrogen (secondary N) is 2. The Bertz CT molecular complexity index is 1010. The van der Waals surface area contributed by atoms with E-state index in [0.29, 0.717) is 6.54 Å². The standard InChI is InChI=1S/C24H29N3O2/c1-16(2)23(24(29)25-15-20-13-12-17(3)27(20)4)26-22(28)14-19-10-7-9-18-8-5-6-11-21(18)19/h5-13,16,23H,14-15H2,1-4H3,(H,25,29)(H,26,28). The fraction of sp³-hybridized carbons (Fsp3) is 0.333. The molecule has 1 heterocycles. The molecule has 0 aliphatic heterocycles. The van der Waals surface area contributed by atoms with Gasteiger partial charge in [0.2, 0.25) is 11.8 Å². The Morgan fingerprint density at radius 1 is 1.00 bits per heavy atom. The fourth-order valence-electron chi connectivity index (χ4n) is 3.51. The summed E-state index contributed by atoms with van der Waals surface area (Å²) < 4.78 is 2.05. The summed E-state index contributed by atoms with van der Waals surface area (Å²) in [4.78, 5) is 25.5. The van der Waals surface area contributed by atoms with Gasteiger partial charge in [-0.25, -0.2) is 0 Å². The molecule has 5 nitrogen and oxygen atoms in total. The van der Waals surface area contributed by atoms with Gasteiger partial charge in [0.25, 0.3) is 0 Å². The maximum absolute atomic E-state index is 12.7. The van der Waals surface area contributed by atoms with Crippen molar-refractivity contribution in [2.24, 2.45) is 13.0 Å². The van der Waals surface area contributed by atoms with Crippen LogP contribution in [0.2, 0.25) is 0 Å². The quantitative estimate of drug-likeness (QED) is 0.648. The van der Waals surface area contributed by atoms with Crippen LogP contribution in [-0.4, -0.2) is 22.4 Å². The summed E-state index contributed by atoms with van der Waals surface area (Å²) in [6.07, 6.45) is 0.245. The number of hydrogen-bond donors (Lipinski definition) is 2. The van der Waals surface area contributed by atoms with E-state index in [9.17, 15) is 9.59 Å². The van der Waals surface area contributed by atoms with Gasteiger partial charge in [-0.05, 0) is 41.3 Å². The number of carbonyl (C=O) groups excluding carboxylic acids is 2. The van der Waals surface area contributed by atoms with Crippen LogP contribution in [0.3, 0.4) is 0 Å². The van der Waals surface area contributed by atoms with Crippen molar-refractivity contribution in [2.75, 3.05) is 0 Å². The summed E-state index contributed by atoms with van der Waals surface area (Å²) in [5.74, 6) is -0.323. The van der Waals surface area contributed by atoms with Gasteiger partial charge in [0.15, 0.2) is 0 Å². The molecule has 0 radical (unpaired) electrons. The Kier molecular flexibility index (Phi) is 6.37. The monoisotopic (exact) mass is 391 g/mol. The molecule has 0 fully saturated rings. The van der Waals surface area contributed by atoms with Crippen molar-refractivity contribution in [2.45, 2.75) is 39.8 Å². The molecular weight excluding hydrogens is 362 g/mol. The van der Waals surface area contributed by atoms with Crippen molar-refractivity contribution in [3.8, 4) is 0 Å². The molecule has 0 bridgehead atoms. The van der Waals surface area contributed by atoms with Gasteiger partial charge in [-0.1, -0.05) is 56.3 Å². The summed E-state index contributed by atoms with van der Waals surface area (Å²) in [5.41, 5.74) is 3.13. The number of aryl methyl sites for hydroxylation is 1. The van der Waals surface area contributed by atoms with E-state index < -0.39 is 6.04 Å².